The van der Waals surface area contributed by atoms with E-state index in [0.717, 1.165) is 53.7 Å². The van der Waals surface area contributed by atoms with Crippen LogP contribution in [0.4, 0.5) is 0 Å². The molecule has 0 heterocycles. The van der Waals surface area contributed by atoms with Crippen LogP contribution in [0.15, 0.2) is 65.1 Å². The van der Waals surface area contributed by atoms with Gasteiger partial charge in [-0.1, -0.05) is 44.2 Å². The Morgan fingerprint density at radius 1 is 1.10 bits per heavy atom. The van der Waals surface area contributed by atoms with E-state index in [1.807, 2.05) is 68.6 Å². The lowest BCUT2D eigenvalue weighted by molar-refractivity contribution is -0.111. The molecule has 0 unspecified atom stereocenters. The van der Waals surface area contributed by atoms with Gasteiger partial charge in [0.25, 0.3) is 0 Å². The number of carbonyl (C=O) groups excluding carboxylic acids is 1. The maximum absolute atomic E-state index is 11.2. The lowest BCUT2D eigenvalue weighted by atomic mass is 9.86. The van der Waals surface area contributed by atoms with Gasteiger partial charge in [0, 0.05) is 11.6 Å². The third kappa shape index (κ3) is 6.80. The van der Waals surface area contributed by atoms with Crippen molar-refractivity contribution >= 4 is 23.9 Å². The fourth-order valence-corrected chi connectivity index (χ4v) is 2.85. The molecule has 0 spiro atoms. The number of nitrogens with zero attached hydrogens (tertiary/aromatic N) is 2. The van der Waals surface area contributed by atoms with Gasteiger partial charge < -0.3 is 9.53 Å². The molecule has 0 N–H and O–H groups in total. The molecule has 2 aromatic rings. The molecule has 4 heteroatoms. The summed E-state index contributed by atoms with van der Waals surface area (Å²) in [5.74, 6) is 0.809. The SMILES string of the molecule is C=C(N=CC(CCCC)=NCc1ccc(C(C)(C)C=O)cc1)c1ccc(OC)cc1. The van der Waals surface area contributed by atoms with Gasteiger partial charge in [-0.3, -0.25) is 9.98 Å². The fraction of sp³-hybridized carbons (Fsp3) is 0.346. The molecule has 0 atom stereocenters. The molecule has 0 radical (unpaired) electrons. The van der Waals surface area contributed by atoms with Crippen LogP contribution in [0.25, 0.3) is 5.70 Å². The molecule has 0 saturated carbocycles. The number of methoxy groups -OCH3 is 1. The van der Waals surface area contributed by atoms with Crippen molar-refractivity contribution in [2.24, 2.45) is 9.98 Å². The highest BCUT2D eigenvalue weighted by molar-refractivity contribution is 6.31. The summed E-state index contributed by atoms with van der Waals surface area (Å²) in [6.07, 6.45) is 5.85. The van der Waals surface area contributed by atoms with Crippen LogP contribution in [-0.2, 0) is 16.8 Å². The highest BCUT2D eigenvalue weighted by atomic mass is 16.5. The Balaban J connectivity index is 2.10. The highest BCUT2D eigenvalue weighted by Gasteiger charge is 2.18. The molecule has 2 aromatic carbocycles. The summed E-state index contributed by atoms with van der Waals surface area (Å²) in [5, 5.41) is 0. The molecule has 0 fully saturated rings. The quantitative estimate of drug-likeness (QED) is 0.338. The van der Waals surface area contributed by atoms with Gasteiger partial charge in [-0.25, -0.2) is 0 Å². The first-order valence-electron chi connectivity index (χ1n) is 10.4. The summed E-state index contributed by atoms with van der Waals surface area (Å²) in [4.78, 5) is 20.6. The summed E-state index contributed by atoms with van der Waals surface area (Å²) in [7, 11) is 1.65. The number of rotatable bonds is 11. The van der Waals surface area contributed by atoms with Crippen LogP contribution in [0.2, 0.25) is 0 Å². The zero-order chi connectivity index (χ0) is 22.0. The number of carbonyl (C=O) groups is 1. The van der Waals surface area contributed by atoms with E-state index in [2.05, 4.69) is 18.5 Å². The van der Waals surface area contributed by atoms with E-state index in [1.165, 1.54) is 0 Å². The molecule has 0 amide bonds. The van der Waals surface area contributed by atoms with Crippen molar-refractivity contribution in [1.29, 1.82) is 0 Å². The summed E-state index contributed by atoms with van der Waals surface area (Å²) in [6, 6.07) is 15.8. The molecule has 0 aliphatic heterocycles. The number of aliphatic imine (C=N–C) groups is 2. The zero-order valence-electron chi connectivity index (χ0n) is 18.5. The van der Waals surface area contributed by atoms with Crippen molar-refractivity contribution in [2.45, 2.75) is 52.0 Å². The van der Waals surface area contributed by atoms with Crippen molar-refractivity contribution in [3.05, 3.63) is 71.8 Å². The number of aldehydes is 1. The monoisotopic (exact) mass is 404 g/mol. The molecule has 158 valence electrons. The van der Waals surface area contributed by atoms with E-state index in [9.17, 15) is 4.79 Å². The van der Waals surface area contributed by atoms with Gasteiger partial charge in [0.15, 0.2) is 0 Å². The number of unbranched alkanes of at least 4 members (excludes halogenated alkanes) is 1. The van der Waals surface area contributed by atoms with Crippen LogP contribution in [-0.4, -0.2) is 25.3 Å². The van der Waals surface area contributed by atoms with Gasteiger partial charge in [-0.05, 0) is 67.6 Å². The molecule has 0 saturated heterocycles. The minimum atomic E-state index is -0.470. The van der Waals surface area contributed by atoms with Crippen LogP contribution in [0.5, 0.6) is 5.75 Å². The zero-order valence-corrected chi connectivity index (χ0v) is 18.5. The summed E-state index contributed by atoms with van der Waals surface area (Å²) >= 11 is 0. The average molecular weight is 405 g/mol. The Morgan fingerprint density at radius 3 is 2.33 bits per heavy atom. The van der Waals surface area contributed by atoms with Crippen LogP contribution in [0, 0.1) is 0 Å². The topological polar surface area (TPSA) is 51.0 Å². The Kier molecular flexibility index (Phi) is 8.72. The highest BCUT2D eigenvalue weighted by Crippen LogP contribution is 2.21. The largest absolute Gasteiger partial charge is 0.497 e. The molecule has 0 bridgehead atoms. The number of benzene rings is 2. The molecular formula is C26H32N2O2. The maximum Gasteiger partial charge on any atom is 0.129 e. The van der Waals surface area contributed by atoms with E-state index in [0.29, 0.717) is 12.2 Å². The Morgan fingerprint density at radius 2 is 1.77 bits per heavy atom. The fourth-order valence-electron chi connectivity index (χ4n) is 2.85. The van der Waals surface area contributed by atoms with Gasteiger partial charge in [-0.15, -0.1) is 0 Å². The van der Waals surface area contributed by atoms with Gasteiger partial charge in [0.2, 0.25) is 0 Å². The molecule has 0 aliphatic rings. The van der Waals surface area contributed by atoms with Crippen molar-refractivity contribution in [3.63, 3.8) is 0 Å². The predicted octanol–water partition coefficient (Wildman–Crippen LogP) is 6.04. The molecule has 4 nitrogen and oxygen atoms in total. The standard InChI is InChI=1S/C26H32N2O2/c1-6-7-8-24(18-27-20(2)22-11-15-25(30-5)16-12-22)28-17-21-9-13-23(14-10-21)26(3,4)19-29/h9-16,18-19H,2,6-8,17H2,1,3-5H3. The first kappa shape index (κ1) is 23.3. The van der Waals surface area contributed by atoms with E-state index in [4.69, 9.17) is 9.73 Å². The van der Waals surface area contributed by atoms with E-state index >= 15 is 0 Å². The number of hydrogen-bond acceptors (Lipinski definition) is 4. The number of hydrogen-bond donors (Lipinski definition) is 0. The third-order valence-electron chi connectivity index (χ3n) is 5.04. The van der Waals surface area contributed by atoms with Crippen molar-refractivity contribution in [1.82, 2.24) is 0 Å². The average Bonchev–Trinajstić information content (AvgIpc) is 2.78. The lowest BCUT2D eigenvalue weighted by Gasteiger charge is -2.17. The Bertz CT molecular complexity index is 892. The van der Waals surface area contributed by atoms with Gasteiger partial charge >= 0.3 is 0 Å². The molecule has 2 rings (SSSR count). The first-order chi connectivity index (χ1) is 14.4. The van der Waals surface area contributed by atoms with Crippen LogP contribution < -0.4 is 4.74 Å². The summed E-state index contributed by atoms with van der Waals surface area (Å²) in [6.45, 7) is 10.7. The molecule has 30 heavy (non-hydrogen) atoms. The van der Waals surface area contributed by atoms with Crippen LogP contribution in [0.3, 0.4) is 0 Å². The van der Waals surface area contributed by atoms with Crippen molar-refractivity contribution in [2.75, 3.05) is 7.11 Å². The molecular weight excluding hydrogens is 372 g/mol. The van der Waals surface area contributed by atoms with Gasteiger partial charge in [0.05, 0.1) is 25.1 Å². The van der Waals surface area contributed by atoms with Gasteiger partial charge in [-0.2, -0.15) is 0 Å². The second kappa shape index (κ2) is 11.2. The van der Waals surface area contributed by atoms with Crippen molar-refractivity contribution in [3.8, 4) is 5.75 Å². The minimum Gasteiger partial charge on any atom is -0.497 e. The Hall–Kier alpha value is -3.01. The van der Waals surface area contributed by atoms with Crippen LogP contribution >= 0.6 is 0 Å². The minimum absolute atomic E-state index is 0.470. The first-order valence-corrected chi connectivity index (χ1v) is 10.4. The second-order valence-electron chi connectivity index (χ2n) is 7.88. The van der Waals surface area contributed by atoms with Crippen LogP contribution in [0.1, 0.15) is 56.7 Å². The maximum atomic E-state index is 11.2. The molecule has 0 aliphatic carbocycles. The summed E-state index contributed by atoms with van der Waals surface area (Å²) in [5.41, 5.74) is 4.26. The van der Waals surface area contributed by atoms with Crippen molar-refractivity contribution < 1.29 is 9.53 Å². The number of ether oxygens (including phenoxy) is 1. The molecule has 0 aromatic heterocycles. The predicted molar refractivity (Wildman–Crippen MR) is 127 cm³/mol. The van der Waals surface area contributed by atoms with E-state index in [1.54, 1.807) is 7.11 Å². The normalized spacial score (nSPS) is 12.2. The smallest absolute Gasteiger partial charge is 0.129 e. The van der Waals surface area contributed by atoms with Gasteiger partial charge in [0.1, 0.15) is 12.0 Å². The summed E-state index contributed by atoms with van der Waals surface area (Å²) < 4.78 is 5.19. The third-order valence-corrected chi connectivity index (χ3v) is 5.04. The second-order valence-corrected chi connectivity index (χ2v) is 7.88. The Labute approximate surface area is 180 Å². The van der Waals surface area contributed by atoms with E-state index in [-0.39, 0.29) is 0 Å². The van der Waals surface area contributed by atoms with E-state index < -0.39 is 5.41 Å². The lowest BCUT2D eigenvalue weighted by Crippen LogP contribution is -2.18.